The fraction of sp³-hybridized carbons (Fsp3) is 0.600. The third-order valence-corrected chi connectivity index (χ3v) is 3.17. The molecule has 0 atom stereocenters. The highest BCUT2D eigenvalue weighted by Crippen LogP contribution is 2.21. The zero-order valence-corrected chi connectivity index (χ0v) is 10.0. The van der Waals surface area contributed by atoms with Crippen molar-refractivity contribution in [3.63, 3.8) is 0 Å². The molecule has 1 heterocycles. The molecule has 5 heteroatoms. The first kappa shape index (κ1) is 12.0. The van der Waals surface area contributed by atoms with Gasteiger partial charge in [0.15, 0.2) is 5.13 Å². The average Bonchev–Trinajstić information content (AvgIpc) is 2.62. The van der Waals surface area contributed by atoms with Gasteiger partial charge in [-0.3, -0.25) is 0 Å². The number of aromatic carboxylic acids is 1. The number of rotatable bonds is 5. The summed E-state index contributed by atoms with van der Waals surface area (Å²) in [6.45, 7) is 5.24. The second kappa shape index (κ2) is 5.11. The van der Waals surface area contributed by atoms with Crippen LogP contribution in [-0.4, -0.2) is 29.7 Å². The SMILES string of the molecule is CC(C)CCN(C)c1ncc(C(=O)O)s1. The first-order valence-corrected chi connectivity index (χ1v) is 5.72. The maximum atomic E-state index is 10.7. The Kier molecular flexibility index (Phi) is 4.08. The zero-order chi connectivity index (χ0) is 11.4. The van der Waals surface area contributed by atoms with Gasteiger partial charge in [0, 0.05) is 13.6 Å². The van der Waals surface area contributed by atoms with Crippen LogP contribution in [0.2, 0.25) is 0 Å². The summed E-state index contributed by atoms with van der Waals surface area (Å²) >= 11 is 1.22. The molecule has 0 aliphatic heterocycles. The van der Waals surface area contributed by atoms with E-state index < -0.39 is 5.97 Å². The second-order valence-electron chi connectivity index (χ2n) is 3.92. The Morgan fingerprint density at radius 2 is 2.33 bits per heavy atom. The highest BCUT2D eigenvalue weighted by molar-refractivity contribution is 7.17. The van der Waals surface area contributed by atoms with Gasteiger partial charge < -0.3 is 10.0 Å². The molecule has 0 bridgehead atoms. The van der Waals surface area contributed by atoms with Crippen LogP contribution in [0.15, 0.2) is 6.20 Å². The van der Waals surface area contributed by atoms with Gasteiger partial charge in [-0.05, 0) is 12.3 Å². The van der Waals surface area contributed by atoms with Gasteiger partial charge in [-0.15, -0.1) is 0 Å². The van der Waals surface area contributed by atoms with E-state index in [2.05, 4.69) is 18.8 Å². The normalized spacial score (nSPS) is 10.7. The number of hydrogen-bond acceptors (Lipinski definition) is 4. The summed E-state index contributed by atoms with van der Waals surface area (Å²) in [5.74, 6) is -0.262. The van der Waals surface area contributed by atoms with Crippen molar-refractivity contribution in [2.75, 3.05) is 18.5 Å². The highest BCUT2D eigenvalue weighted by atomic mass is 32.1. The van der Waals surface area contributed by atoms with Gasteiger partial charge in [0.25, 0.3) is 0 Å². The van der Waals surface area contributed by atoms with Crippen molar-refractivity contribution in [1.82, 2.24) is 4.98 Å². The molecule has 0 amide bonds. The number of aromatic nitrogens is 1. The molecule has 0 saturated carbocycles. The fourth-order valence-corrected chi connectivity index (χ4v) is 1.83. The fourth-order valence-electron chi connectivity index (χ4n) is 1.09. The van der Waals surface area contributed by atoms with E-state index in [4.69, 9.17) is 5.11 Å². The van der Waals surface area contributed by atoms with Crippen LogP contribution in [-0.2, 0) is 0 Å². The van der Waals surface area contributed by atoms with Crippen LogP contribution in [0.3, 0.4) is 0 Å². The molecule has 0 radical (unpaired) electrons. The average molecular weight is 228 g/mol. The van der Waals surface area contributed by atoms with Crippen LogP contribution >= 0.6 is 11.3 Å². The molecule has 4 nitrogen and oxygen atoms in total. The minimum absolute atomic E-state index is 0.293. The van der Waals surface area contributed by atoms with Gasteiger partial charge in [-0.2, -0.15) is 0 Å². The highest BCUT2D eigenvalue weighted by Gasteiger charge is 2.11. The van der Waals surface area contributed by atoms with Crippen molar-refractivity contribution in [2.24, 2.45) is 5.92 Å². The second-order valence-corrected chi connectivity index (χ2v) is 4.93. The maximum Gasteiger partial charge on any atom is 0.347 e. The topological polar surface area (TPSA) is 53.4 Å². The van der Waals surface area contributed by atoms with Crippen LogP contribution < -0.4 is 4.90 Å². The molecule has 84 valence electrons. The van der Waals surface area contributed by atoms with Gasteiger partial charge in [-0.1, -0.05) is 25.2 Å². The largest absolute Gasteiger partial charge is 0.477 e. The third-order valence-electron chi connectivity index (χ3n) is 2.07. The predicted molar refractivity (Wildman–Crippen MR) is 61.8 cm³/mol. The summed E-state index contributed by atoms with van der Waals surface area (Å²) in [5.41, 5.74) is 0. The van der Waals surface area contributed by atoms with Crippen molar-refractivity contribution >= 4 is 22.4 Å². The number of carbonyl (C=O) groups is 1. The molecule has 1 aromatic rings. The van der Waals surface area contributed by atoms with Gasteiger partial charge in [0.2, 0.25) is 0 Å². The van der Waals surface area contributed by atoms with Crippen LogP contribution in [0.1, 0.15) is 29.9 Å². The zero-order valence-electron chi connectivity index (χ0n) is 9.23. The lowest BCUT2D eigenvalue weighted by Crippen LogP contribution is -2.19. The molecular formula is C10H16N2O2S. The molecule has 1 rings (SSSR count). The Hall–Kier alpha value is -1.10. The van der Waals surface area contributed by atoms with E-state index in [-0.39, 0.29) is 0 Å². The molecule has 0 aliphatic rings. The Labute approximate surface area is 93.6 Å². The molecule has 1 aromatic heterocycles. The van der Waals surface area contributed by atoms with Gasteiger partial charge in [0.1, 0.15) is 4.88 Å². The van der Waals surface area contributed by atoms with Crippen molar-refractivity contribution in [1.29, 1.82) is 0 Å². The van der Waals surface area contributed by atoms with E-state index >= 15 is 0 Å². The number of hydrogen-bond donors (Lipinski definition) is 1. The van der Waals surface area contributed by atoms with Crippen LogP contribution in [0.25, 0.3) is 0 Å². The van der Waals surface area contributed by atoms with Crippen LogP contribution in [0, 0.1) is 5.92 Å². The first-order valence-electron chi connectivity index (χ1n) is 4.91. The van der Waals surface area contributed by atoms with Gasteiger partial charge >= 0.3 is 5.97 Å². The summed E-state index contributed by atoms with van der Waals surface area (Å²) in [5, 5.41) is 9.52. The number of carboxylic acids is 1. The molecule has 0 unspecified atom stereocenters. The summed E-state index contributed by atoms with van der Waals surface area (Å²) in [6.07, 6.45) is 2.49. The number of thiazole rings is 1. The van der Waals surface area contributed by atoms with Crippen LogP contribution in [0.4, 0.5) is 5.13 Å². The third kappa shape index (κ3) is 3.51. The number of nitrogens with zero attached hydrogens (tertiary/aromatic N) is 2. The van der Waals surface area contributed by atoms with Gasteiger partial charge in [-0.25, -0.2) is 9.78 Å². The first-order chi connectivity index (χ1) is 7.00. The Balaban J connectivity index is 2.58. The summed E-state index contributed by atoms with van der Waals surface area (Å²) in [7, 11) is 1.94. The van der Waals surface area contributed by atoms with E-state index in [9.17, 15) is 4.79 Å². The maximum absolute atomic E-state index is 10.7. The minimum Gasteiger partial charge on any atom is -0.477 e. The minimum atomic E-state index is -0.906. The number of carboxylic acid groups (broad SMARTS) is 1. The molecule has 0 aromatic carbocycles. The van der Waals surface area contributed by atoms with Crippen LogP contribution in [0.5, 0.6) is 0 Å². The van der Waals surface area contributed by atoms with Crippen molar-refractivity contribution in [2.45, 2.75) is 20.3 Å². The summed E-state index contributed by atoms with van der Waals surface area (Å²) < 4.78 is 0. The molecule has 0 fully saturated rings. The Morgan fingerprint density at radius 3 is 2.80 bits per heavy atom. The monoisotopic (exact) mass is 228 g/mol. The quantitative estimate of drug-likeness (QED) is 0.840. The molecule has 0 saturated heterocycles. The Bertz CT molecular complexity index is 336. The molecule has 15 heavy (non-hydrogen) atoms. The molecule has 0 spiro atoms. The smallest absolute Gasteiger partial charge is 0.347 e. The van der Waals surface area contributed by atoms with E-state index in [1.54, 1.807) is 0 Å². The Morgan fingerprint density at radius 1 is 1.67 bits per heavy atom. The molecular weight excluding hydrogens is 212 g/mol. The van der Waals surface area contributed by atoms with Crippen molar-refractivity contribution in [3.8, 4) is 0 Å². The van der Waals surface area contributed by atoms with E-state index in [1.165, 1.54) is 17.5 Å². The molecule has 0 aliphatic carbocycles. The molecule has 1 N–H and O–H groups in total. The van der Waals surface area contributed by atoms with E-state index in [0.29, 0.717) is 10.8 Å². The summed E-state index contributed by atoms with van der Waals surface area (Å²) in [6, 6.07) is 0. The van der Waals surface area contributed by atoms with Gasteiger partial charge in [0.05, 0.1) is 6.20 Å². The summed E-state index contributed by atoms with van der Waals surface area (Å²) in [4.78, 5) is 17.0. The van der Waals surface area contributed by atoms with Crippen molar-refractivity contribution in [3.05, 3.63) is 11.1 Å². The van der Waals surface area contributed by atoms with E-state index in [1.807, 2.05) is 11.9 Å². The predicted octanol–water partition coefficient (Wildman–Crippen LogP) is 2.32. The lowest BCUT2D eigenvalue weighted by molar-refractivity contribution is 0.0702. The van der Waals surface area contributed by atoms with Crippen molar-refractivity contribution < 1.29 is 9.90 Å². The number of anilines is 1. The lowest BCUT2D eigenvalue weighted by Gasteiger charge is -2.16. The van der Waals surface area contributed by atoms with E-state index in [0.717, 1.165) is 18.1 Å². The standard InChI is InChI=1S/C10H16N2O2S/c1-7(2)4-5-12(3)10-11-6-8(15-10)9(13)14/h6-7H,4-5H2,1-3H3,(H,13,14). The lowest BCUT2D eigenvalue weighted by atomic mass is 10.1.